The van der Waals surface area contributed by atoms with Crippen molar-refractivity contribution in [2.45, 2.75) is 33.2 Å². The molecule has 1 heterocycles. The molecule has 3 amide bonds. The molecule has 0 bridgehead atoms. The average molecular weight is 285 g/mol. The minimum absolute atomic E-state index is 0.00622. The monoisotopic (exact) mass is 285 g/mol. The van der Waals surface area contributed by atoms with Gasteiger partial charge in [0.1, 0.15) is 6.04 Å². The second-order valence-electron chi connectivity index (χ2n) is 5.46. The highest BCUT2D eigenvalue weighted by atomic mass is 16.4. The number of aliphatic carboxylic acids is 1. The number of carbonyl (C=O) groups is 3. The van der Waals surface area contributed by atoms with Crippen LogP contribution in [0.4, 0.5) is 4.79 Å². The summed E-state index contributed by atoms with van der Waals surface area (Å²) in [6.45, 7) is 7.16. The van der Waals surface area contributed by atoms with Gasteiger partial charge < -0.3 is 20.2 Å². The first-order valence-corrected chi connectivity index (χ1v) is 6.85. The van der Waals surface area contributed by atoms with Gasteiger partial charge in [0.05, 0.1) is 0 Å². The van der Waals surface area contributed by atoms with Crippen molar-refractivity contribution >= 4 is 17.9 Å². The van der Waals surface area contributed by atoms with E-state index in [1.807, 2.05) is 13.8 Å². The maximum Gasteiger partial charge on any atom is 0.326 e. The molecule has 0 unspecified atom stereocenters. The largest absolute Gasteiger partial charge is 0.480 e. The summed E-state index contributed by atoms with van der Waals surface area (Å²) in [5.74, 6) is -0.839. The molecule has 0 saturated carbocycles. The Bertz CT molecular complexity index is 376. The molecule has 0 aromatic rings. The van der Waals surface area contributed by atoms with E-state index in [2.05, 4.69) is 5.32 Å². The number of urea groups is 1. The molecule has 0 aromatic carbocycles. The van der Waals surface area contributed by atoms with E-state index in [1.54, 1.807) is 9.80 Å². The minimum Gasteiger partial charge on any atom is -0.480 e. The molecule has 7 heteroatoms. The van der Waals surface area contributed by atoms with Crippen molar-refractivity contribution in [1.29, 1.82) is 0 Å². The molecule has 1 fully saturated rings. The van der Waals surface area contributed by atoms with Gasteiger partial charge in [0.15, 0.2) is 0 Å². The van der Waals surface area contributed by atoms with Crippen molar-refractivity contribution in [1.82, 2.24) is 15.1 Å². The van der Waals surface area contributed by atoms with E-state index >= 15 is 0 Å². The number of piperazine rings is 1. The van der Waals surface area contributed by atoms with E-state index in [0.29, 0.717) is 32.6 Å². The number of carboxylic acids is 1. The van der Waals surface area contributed by atoms with Crippen molar-refractivity contribution in [2.24, 2.45) is 5.92 Å². The van der Waals surface area contributed by atoms with Gasteiger partial charge in [-0.05, 0) is 12.3 Å². The second kappa shape index (κ2) is 7.12. The van der Waals surface area contributed by atoms with E-state index < -0.39 is 12.0 Å². The second-order valence-corrected chi connectivity index (χ2v) is 5.46. The number of amides is 3. The van der Waals surface area contributed by atoms with Crippen LogP contribution in [0, 0.1) is 5.92 Å². The van der Waals surface area contributed by atoms with E-state index in [0.717, 1.165) is 0 Å². The molecule has 0 aromatic heterocycles. The Labute approximate surface area is 118 Å². The normalized spacial score (nSPS) is 17.0. The molecule has 0 radical (unpaired) electrons. The lowest BCUT2D eigenvalue weighted by Crippen LogP contribution is -2.55. The fourth-order valence-electron chi connectivity index (χ4n) is 2.16. The highest BCUT2D eigenvalue weighted by Crippen LogP contribution is 2.07. The smallest absolute Gasteiger partial charge is 0.326 e. The first-order valence-electron chi connectivity index (χ1n) is 6.85. The molecule has 114 valence electrons. The van der Waals surface area contributed by atoms with Crippen LogP contribution in [0.15, 0.2) is 0 Å². The quantitative estimate of drug-likeness (QED) is 0.780. The molecule has 0 aliphatic carbocycles. The zero-order valence-corrected chi connectivity index (χ0v) is 12.3. The average Bonchev–Trinajstić information content (AvgIpc) is 2.37. The van der Waals surface area contributed by atoms with Crippen molar-refractivity contribution in [3.05, 3.63) is 0 Å². The summed E-state index contributed by atoms with van der Waals surface area (Å²) in [5, 5.41) is 11.6. The molecule has 1 atom stereocenters. The van der Waals surface area contributed by atoms with Crippen molar-refractivity contribution in [3.8, 4) is 0 Å². The SMILES string of the molecule is CC(=O)N1CCN(C(=O)N[C@H](CC(C)C)C(=O)O)CC1. The van der Waals surface area contributed by atoms with Gasteiger partial charge in [-0.15, -0.1) is 0 Å². The molecule has 20 heavy (non-hydrogen) atoms. The van der Waals surface area contributed by atoms with Crippen molar-refractivity contribution in [3.63, 3.8) is 0 Å². The van der Waals surface area contributed by atoms with Crippen molar-refractivity contribution < 1.29 is 19.5 Å². The lowest BCUT2D eigenvalue weighted by atomic mass is 10.0. The van der Waals surface area contributed by atoms with Gasteiger partial charge in [0.2, 0.25) is 5.91 Å². The zero-order chi connectivity index (χ0) is 15.3. The predicted molar refractivity (Wildman–Crippen MR) is 73.2 cm³/mol. The predicted octanol–water partition coefficient (Wildman–Crippen LogP) is 0.359. The summed E-state index contributed by atoms with van der Waals surface area (Å²) in [6.07, 6.45) is 0.397. The number of nitrogens with zero attached hydrogens (tertiary/aromatic N) is 2. The van der Waals surface area contributed by atoms with Crippen LogP contribution in [-0.4, -0.2) is 65.0 Å². The number of carbonyl (C=O) groups excluding carboxylic acids is 2. The van der Waals surface area contributed by atoms with Gasteiger partial charge in [0, 0.05) is 33.1 Å². The van der Waals surface area contributed by atoms with Crippen LogP contribution in [0.1, 0.15) is 27.2 Å². The van der Waals surface area contributed by atoms with Crippen LogP contribution in [0.5, 0.6) is 0 Å². The molecule has 1 rings (SSSR count). The van der Waals surface area contributed by atoms with Gasteiger partial charge in [-0.2, -0.15) is 0 Å². The number of nitrogens with one attached hydrogen (secondary N) is 1. The Morgan fingerprint density at radius 3 is 2.00 bits per heavy atom. The fraction of sp³-hybridized carbons (Fsp3) is 0.769. The summed E-state index contributed by atoms with van der Waals surface area (Å²) in [5.41, 5.74) is 0. The van der Waals surface area contributed by atoms with E-state index in [-0.39, 0.29) is 17.9 Å². The lowest BCUT2D eigenvalue weighted by Gasteiger charge is -2.34. The maximum atomic E-state index is 12.0. The Kier molecular flexibility index (Phi) is 5.79. The van der Waals surface area contributed by atoms with Gasteiger partial charge >= 0.3 is 12.0 Å². The Morgan fingerprint density at radius 1 is 1.10 bits per heavy atom. The van der Waals surface area contributed by atoms with Gasteiger partial charge in [-0.25, -0.2) is 9.59 Å². The van der Waals surface area contributed by atoms with E-state index in [9.17, 15) is 14.4 Å². The van der Waals surface area contributed by atoms with Crippen LogP contribution in [-0.2, 0) is 9.59 Å². The summed E-state index contributed by atoms with van der Waals surface area (Å²) < 4.78 is 0. The van der Waals surface area contributed by atoms with Gasteiger partial charge in [0.25, 0.3) is 0 Å². The highest BCUT2D eigenvalue weighted by Gasteiger charge is 2.26. The molecule has 7 nitrogen and oxygen atoms in total. The third kappa shape index (κ3) is 4.71. The maximum absolute atomic E-state index is 12.0. The summed E-state index contributed by atoms with van der Waals surface area (Å²) >= 11 is 0. The highest BCUT2D eigenvalue weighted by molar-refractivity contribution is 5.82. The molecule has 1 saturated heterocycles. The summed E-state index contributed by atoms with van der Waals surface area (Å²) in [4.78, 5) is 37.5. The molecular formula is C13H23N3O4. The number of hydrogen-bond acceptors (Lipinski definition) is 3. The van der Waals surface area contributed by atoms with E-state index in [4.69, 9.17) is 5.11 Å². The minimum atomic E-state index is -1.02. The molecule has 1 aliphatic heterocycles. The molecular weight excluding hydrogens is 262 g/mol. The van der Waals surface area contributed by atoms with E-state index in [1.165, 1.54) is 6.92 Å². The summed E-state index contributed by atoms with van der Waals surface area (Å²) in [7, 11) is 0. The number of carboxylic acid groups (broad SMARTS) is 1. The third-order valence-corrected chi connectivity index (χ3v) is 3.32. The number of rotatable bonds is 4. The summed E-state index contributed by atoms with van der Waals surface area (Å²) in [6, 6.07) is -1.24. The first-order chi connectivity index (χ1) is 9.31. The topological polar surface area (TPSA) is 90.0 Å². The van der Waals surface area contributed by atoms with Crippen LogP contribution in [0.2, 0.25) is 0 Å². The van der Waals surface area contributed by atoms with Crippen LogP contribution >= 0.6 is 0 Å². The molecule has 1 aliphatic rings. The Balaban J connectivity index is 2.50. The third-order valence-electron chi connectivity index (χ3n) is 3.32. The Hall–Kier alpha value is -1.79. The standard InChI is InChI=1S/C13H23N3O4/c1-9(2)8-11(12(18)19)14-13(20)16-6-4-15(5-7-16)10(3)17/h9,11H,4-8H2,1-3H3,(H,14,20)(H,18,19)/t11-/m1/s1. The number of hydrogen-bond donors (Lipinski definition) is 2. The molecule has 0 spiro atoms. The Morgan fingerprint density at radius 2 is 1.60 bits per heavy atom. The van der Waals surface area contributed by atoms with Gasteiger partial charge in [-0.1, -0.05) is 13.8 Å². The molecule has 2 N–H and O–H groups in total. The fourth-order valence-corrected chi connectivity index (χ4v) is 2.16. The van der Waals surface area contributed by atoms with Crippen LogP contribution in [0.25, 0.3) is 0 Å². The van der Waals surface area contributed by atoms with Crippen LogP contribution in [0.3, 0.4) is 0 Å². The van der Waals surface area contributed by atoms with Crippen molar-refractivity contribution in [2.75, 3.05) is 26.2 Å². The zero-order valence-electron chi connectivity index (χ0n) is 12.3. The van der Waals surface area contributed by atoms with Gasteiger partial charge in [-0.3, -0.25) is 4.79 Å². The lowest BCUT2D eigenvalue weighted by molar-refractivity contribution is -0.139. The first kappa shape index (κ1) is 16.3. The van der Waals surface area contributed by atoms with Crippen LogP contribution < -0.4 is 5.32 Å².